The number of carbonyl (C=O) groups is 1. The van der Waals surface area contributed by atoms with Crippen LogP contribution in [0.15, 0.2) is 0 Å². The van der Waals surface area contributed by atoms with Gasteiger partial charge in [0.25, 0.3) is 0 Å². The summed E-state index contributed by atoms with van der Waals surface area (Å²) in [6, 6.07) is 0. The van der Waals surface area contributed by atoms with Crippen molar-refractivity contribution in [2.45, 2.75) is 13.0 Å². The third-order valence-corrected chi connectivity index (χ3v) is 0.772. The minimum absolute atomic E-state index is 0.0787. The van der Waals surface area contributed by atoms with Crippen molar-refractivity contribution in [3.05, 3.63) is 0 Å². The highest BCUT2D eigenvalue weighted by Gasteiger charge is 2.31. The fraction of sp³-hybridized carbons (Fsp3) is 0.800. The molecular formula is C5H8O3. The van der Waals surface area contributed by atoms with E-state index in [0.29, 0.717) is 0 Å². The minimum Gasteiger partial charge on any atom is -0.448 e. The standard InChI is InChI=1S/C3H4O2.C2H4O/c1-2-3(4)5-2;1-2-3-1/h2H,1H3;1-2H2. The third-order valence-electron chi connectivity index (χ3n) is 0.772. The van der Waals surface area contributed by atoms with Crippen LogP contribution in [0.3, 0.4) is 0 Å². The Balaban J connectivity index is 0.0000000907. The summed E-state index contributed by atoms with van der Waals surface area (Å²) in [5.41, 5.74) is 0. The van der Waals surface area contributed by atoms with E-state index in [-0.39, 0.29) is 12.1 Å². The molecule has 1 atom stereocenters. The van der Waals surface area contributed by atoms with Crippen LogP contribution in [0.5, 0.6) is 0 Å². The molecule has 0 saturated carbocycles. The zero-order valence-corrected chi connectivity index (χ0v) is 4.72. The van der Waals surface area contributed by atoms with E-state index in [1.54, 1.807) is 6.92 Å². The Labute approximate surface area is 47.6 Å². The SMILES string of the molecule is C1CO1.CC1OC1=O. The van der Waals surface area contributed by atoms with Gasteiger partial charge in [0.15, 0.2) is 6.10 Å². The van der Waals surface area contributed by atoms with Crippen molar-refractivity contribution in [3.63, 3.8) is 0 Å². The van der Waals surface area contributed by atoms with Crippen LogP contribution in [0.4, 0.5) is 0 Å². The lowest BCUT2D eigenvalue weighted by Crippen LogP contribution is -1.68. The molecule has 0 N–H and O–H groups in total. The maximum atomic E-state index is 9.66. The average molecular weight is 116 g/mol. The van der Waals surface area contributed by atoms with Gasteiger partial charge in [0.2, 0.25) is 0 Å². The molecule has 0 aliphatic carbocycles. The quantitative estimate of drug-likeness (QED) is 0.416. The van der Waals surface area contributed by atoms with E-state index in [1.807, 2.05) is 0 Å². The van der Waals surface area contributed by atoms with E-state index in [0.717, 1.165) is 13.2 Å². The number of epoxide rings is 2. The van der Waals surface area contributed by atoms with E-state index in [4.69, 9.17) is 0 Å². The zero-order chi connectivity index (χ0) is 5.98. The lowest BCUT2D eigenvalue weighted by Gasteiger charge is -1.47. The molecule has 0 spiro atoms. The molecule has 1 unspecified atom stereocenters. The fourth-order valence-corrected chi connectivity index (χ4v) is 0.140. The van der Waals surface area contributed by atoms with Gasteiger partial charge in [-0.05, 0) is 6.92 Å². The van der Waals surface area contributed by atoms with E-state index in [1.165, 1.54) is 0 Å². The molecule has 3 nitrogen and oxygen atoms in total. The van der Waals surface area contributed by atoms with E-state index < -0.39 is 0 Å². The van der Waals surface area contributed by atoms with Crippen molar-refractivity contribution >= 4 is 5.97 Å². The van der Waals surface area contributed by atoms with Crippen LogP contribution in [0, 0.1) is 0 Å². The second-order valence-electron chi connectivity index (χ2n) is 1.69. The number of ether oxygens (including phenoxy) is 2. The van der Waals surface area contributed by atoms with Crippen molar-refractivity contribution in [2.75, 3.05) is 13.2 Å². The summed E-state index contributed by atoms with van der Waals surface area (Å²) in [4.78, 5) is 9.66. The summed E-state index contributed by atoms with van der Waals surface area (Å²) in [7, 11) is 0. The van der Waals surface area contributed by atoms with Crippen LogP contribution in [-0.4, -0.2) is 25.3 Å². The van der Waals surface area contributed by atoms with Crippen molar-refractivity contribution in [2.24, 2.45) is 0 Å². The van der Waals surface area contributed by atoms with Crippen LogP contribution in [0.2, 0.25) is 0 Å². The Bertz CT molecular complexity index is 95.1. The van der Waals surface area contributed by atoms with Gasteiger partial charge in [0, 0.05) is 0 Å². The summed E-state index contributed by atoms with van der Waals surface area (Å²) in [5.74, 6) is -0.0787. The highest BCUT2D eigenvalue weighted by Crippen LogP contribution is 2.08. The molecule has 2 fully saturated rings. The van der Waals surface area contributed by atoms with E-state index in [2.05, 4.69) is 9.47 Å². The average Bonchev–Trinajstić information content (AvgIpc) is 2.44. The molecule has 2 heterocycles. The van der Waals surface area contributed by atoms with Crippen molar-refractivity contribution in [1.29, 1.82) is 0 Å². The van der Waals surface area contributed by atoms with Crippen LogP contribution in [0.25, 0.3) is 0 Å². The molecule has 2 aliphatic heterocycles. The predicted molar refractivity (Wildman–Crippen MR) is 26.4 cm³/mol. The van der Waals surface area contributed by atoms with Crippen molar-refractivity contribution in [3.8, 4) is 0 Å². The van der Waals surface area contributed by atoms with Gasteiger partial charge in [-0.25, -0.2) is 4.79 Å². The minimum atomic E-state index is -0.0880. The molecular weight excluding hydrogens is 108 g/mol. The Hall–Kier alpha value is -0.570. The summed E-state index contributed by atoms with van der Waals surface area (Å²) < 4.78 is 8.78. The van der Waals surface area contributed by atoms with Gasteiger partial charge in [-0.1, -0.05) is 0 Å². The first-order valence-electron chi connectivity index (χ1n) is 2.59. The first-order valence-corrected chi connectivity index (χ1v) is 2.59. The normalized spacial score (nSPS) is 29.6. The van der Waals surface area contributed by atoms with Crippen molar-refractivity contribution in [1.82, 2.24) is 0 Å². The molecule has 0 bridgehead atoms. The smallest absolute Gasteiger partial charge is 0.347 e. The highest BCUT2D eigenvalue weighted by atomic mass is 16.6. The predicted octanol–water partition coefficient (Wildman–Crippen LogP) is -0.0517. The molecule has 46 valence electrons. The van der Waals surface area contributed by atoms with E-state index in [9.17, 15) is 4.79 Å². The van der Waals surface area contributed by atoms with Crippen molar-refractivity contribution < 1.29 is 14.3 Å². The molecule has 0 aromatic carbocycles. The molecule has 3 heteroatoms. The second-order valence-corrected chi connectivity index (χ2v) is 1.69. The zero-order valence-electron chi connectivity index (χ0n) is 4.72. The molecule has 0 aromatic rings. The largest absolute Gasteiger partial charge is 0.448 e. The Morgan fingerprint density at radius 3 is 1.88 bits per heavy atom. The molecule has 0 radical (unpaired) electrons. The molecule has 0 amide bonds. The van der Waals surface area contributed by atoms with Crippen LogP contribution < -0.4 is 0 Å². The Morgan fingerprint density at radius 1 is 1.62 bits per heavy atom. The maximum absolute atomic E-state index is 9.66. The maximum Gasteiger partial charge on any atom is 0.347 e. The van der Waals surface area contributed by atoms with Gasteiger partial charge in [0.05, 0.1) is 13.2 Å². The van der Waals surface area contributed by atoms with Gasteiger partial charge in [0.1, 0.15) is 0 Å². The molecule has 2 rings (SSSR count). The molecule has 2 aliphatic rings. The van der Waals surface area contributed by atoms with Gasteiger partial charge < -0.3 is 9.47 Å². The van der Waals surface area contributed by atoms with Gasteiger partial charge in [-0.15, -0.1) is 0 Å². The monoisotopic (exact) mass is 116 g/mol. The number of cyclic esters (lactones) is 1. The second kappa shape index (κ2) is 2.13. The van der Waals surface area contributed by atoms with Crippen LogP contribution in [-0.2, 0) is 14.3 Å². The number of carbonyl (C=O) groups excluding carboxylic acids is 1. The summed E-state index contributed by atoms with van der Waals surface area (Å²) in [5, 5.41) is 0. The summed E-state index contributed by atoms with van der Waals surface area (Å²) in [6.07, 6.45) is -0.0880. The number of hydrogen-bond donors (Lipinski definition) is 0. The molecule has 2 saturated heterocycles. The first-order chi connectivity index (χ1) is 3.80. The lowest BCUT2D eigenvalue weighted by molar-refractivity contribution is -0.117. The molecule has 8 heavy (non-hydrogen) atoms. The molecule has 0 aromatic heterocycles. The van der Waals surface area contributed by atoms with Gasteiger partial charge in [-0.2, -0.15) is 0 Å². The van der Waals surface area contributed by atoms with Gasteiger partial charge in [-0.3, -0.25) is 0 Å². The topological polar surface area (TPSA) is 42.1 Å². The third kappa shape index (κ3) is 2.58. The lowest BCUT2D eigenvalue weighted by atomic mass is 10.6. The summed E-state index contributed by atoms with van der Waals surface area (Å²) >= 11 is 0. The Morgan fingerprint density at radius 2 is 1.88 bits per heavy atom. The Kier molecular flexibility index (Phi) is 1.48. The first kappa shape index (κ1) is 5.56. The number of rotatable bonds is 0. The van der Waals surface area contributed by atoms with E-state index >= 15 is 0 Å². The van der Waals surface area contributed by atoms with Crippen LogP contribution >= 0.6 is 0 Å². The fourth-order valence-electron chi connectivity index (χ4n) is 0.140. The van der Waals surface area contributed by atoms with Gasteiger partial charge >= 0.3 is 5.97 Å². The number of hydrogen-bond acceptors (Lipinski definition) is 3. The summed E-state index contributed by atoms with van der Waals surface area (Å²) in [6.45, 7) is 3.72. The van der Waals surface area contributed by atoms with Crippen LogP contribution in [0.1, 0.15) is 6.92 Å². The highest BCUT2D eigenvalue weighted by molar-refractivity contribution is 5.86.